The number of aromatic nitrogens is 2. The van der Waals surface area contributed by atoms with Crippen LogP contribution in [-0.4, -0.2) is 33.2 Å². The van der Waals surface area contributed by atoms with E-state index in [1.807, 2.05) is 11.4 Å². The molecule has 0 bridgehead atoms. The zero-order valence-electron chi connectivity index (χ0n) is 10.5. The zero-order valence-corrected chi connectivity index (χ0v) is 12.0. The Hall–Kier alpha value is -0.950. The summed E-state index contributed by atoms with van der Waals surface area (Å²) in [5.74, 6) is 0.855. The van der Waals surface area contributed by atoms with Gasteiger partial charge in [-0.15, -0.1) is 11.3 Å². The van der Waals surface area contributed by atoms with E-state index < -0.39 is 5.60 Å². The molecule has 0 aliphatic carbocycles. The second-order valence-corrected chi connectivity index (χ2v) is 6.24. The molecule has 0 aromatic carbocycles. The minimum atomic E-state index is -1.04. The fourth-order valence-corrected chi connectivity index (χ4v) is 3.44. The summed E-state index contributed by atoms with van der Waals surface area (Å²) in [6, 6.07) is 1.89. The molecule has 1 aliphatic heterocycles. The monoisotopic (exact) mass is 299 g/mol. The molecule has 102 valence electrons. The molecule has 7 heteroatoms. The highest BCUT2D eigenvalue weighted by Crippen LogP contribution is 2.33. The number of hydrogen-bond acceptors (Lipinski definition) is 6. The van der Waals surface area contributed by atoms with E-state index in [9.17, 15) is 5.11 Å². The van der Waals surface area contributed by atoms with Crippen LogP contribution in [-0.2, 0) is 12.1 Å². The van der Waals surface area contributed by atoms with Crippen molar-refractivity contribution in [1.82, 2.24) is 15.0 Å². The first-order chi connectivity index (χ1) is 9.07. The number of thiophene rings is 1. The zero-order chi connectivity index (χ0) is 13.5. The van der Waals surface area contributed by atoms with Crippen molar-refractivity contribution in [3.63, 3.8) is 0 Å². The summed E-state index contributed by atoms with van der Waals surface area (Å²) in [4.78, 5) is 7.40. The van der Waals surface area contributed by atoms with Crippen LogP contribution in [0.25, 0.3) is 0 Å². The third-order valence-electron chi connectivity index (χ3n) is 3.31. The largest absolute Gasteiger partial charge is 0.379 e. The van der Waals surface area contributed by atoms with Gasteiger partial charge in [0.05, 0.1) is 5.02 Å². The second kappa shape index (κ2) is 4.86. The van der Waals surface area contributed by atoms with E-state index in [0.29, 0.717) is 24.7 Å². The molecule has 0 amide bonds. The molecule has 0 unspecified atom stereocenters. The quantitative estimate of drug-likeness (QED) is 0.941. The van der Waals surface area contributed by atoms with Gasteiger partial charge >= 0.3 is 0 Å². The molecule has 3 heterocycles. The van der Waals surface area contributed by atoms with Crippen molar-refractivity contribution < 1.29 is 9.63 Å². The van der Waals surface area contributed by atoms with Crippen LogP contribution in [0.15, 0.2) is 16.0 Å². The highest BCUT2D eigenvalue weighted by Gasteiger charge is 2.42. The summed E-state index contributed by atoms with van der Waals surface area (Å²) in [7, 11) is 0. The summed E-state index contributed by atoms with van der Waals surface area (Å²) in [5, 5.41) is 17.1. The number of aryl methyl sites for hydroxylation is 1. The number of aliphatic hydroxyl groups is 1. The number of hydrogen-bond donors (Lipinski definition) is 1. The minimum Gasteiger partial charge on any atom is -0.379 e. The van der Waals surface area contributed by atoms with Crippen molar-refractivity contribution in [2.45, 2.75) is 25.5 Å². The fraction of sp³-hybridized carbons (Fsp3) is 0.500. The average molecular weight is 300 g/mol. The summed E-state index contributed by atoms with van der Waals surface area (Å²) in [6.07, 6.45) is 0.595. The third-order valence-corrected chi connectivity index (χ3v) is 4.68. The van der Waals surface area contributed by atoms with Gasteiger partial charge in [0.15, 0.2) is 11.4 Å². The predicted octanol–water partition coefficient (Wildman–Crippen LogP) is 2.19. The third kappa shape index (κ3) is 2.53. The molecule has 19 heavy (non-hydrogen) atoms. The lowest BCUT2D eigenvalue weighted by atomic mass is 10.0. The van der Waals surface area contributed by atoms with E-state index in [1.54, 1.807) is 18.3 Å². The topological polar surface area (TPSA) is 62.4 Å². The molecule has 0 radical (unpaired) electrons. The van der Waals surface area contributed by atoms with E-state index in [2.05, 4.69) is 15.0 Å². The van der Waals surface area contributed by atoms with Crippen molar-refractivity contribution in [1.29, 1.82) is 0 Å². The van der Waals surface area contributed by atoms with Crippen molar-refractivity contribution >= 4 is 22.9 Å². The maximum atomic E-state index is 10.6. The Morgan fingerprint density at radius 2 is 2.47 bits per heavy atom. The maximum absolute atomic E-state index is 10.6. The maximum Gasteiger partial charge on any atom is 0.259 e. The molecule has 1 fully saturated rings. The molecular formula is C12H14ClN3O2S. The normalized spacial score (nSPS) is 24.2. The summed E-state index contributed by atoms with van der Waals surface area (Å²) in [6.45, 7) is 3.76. The summed E-state index contributed by atoms with van der Waals surface area (Å²) < 4.78 is 5.10. The van der Waals surface area contributed by atoms with Crippen LogP contribution in [0, 0.1) is 6.92 Å². The Morgan fingerprint density at radius 3 is 3.11 bits per heavy atom. The number of rotatable bonds is 3. The van der Waals surface area contributed by atoms with Gasteiger partial charge in [0, 0.05) is 24.5 Å². The molecule has 3 rings (SSSR count). The molecule has 2 aromatic heterocycles. The molecule has 1 aliphatic rings. The summed E-state index contributed by atoms with van der Waals surface area (Å²) >= 11 is 7.72. The summed E-state index contributed by atoms with van der Waals surface area (Å²) in [5.41, 5.74) is -1.04. The Morgan fingerprint density at radius 1 is 1.63 bits per heavy atom. The van der Waals surface area contributed by atoms with Gasteiger partial charge in [0.1, 0.15) is 0 Å². The number of β-amino-alcohol motifs (C(OH)–C–C–N with tert-alkyl or cyclic N) is 1. The van der Waals surface area contributed by atoms with Gasteiger partial charge in [-0.1, -0.05) is 16.8 Å². The smallest absolute Gasteiger partial charge is 0.259 e. The van der Waals surface area contributed by atoms with Gasteiger partial charge in [-0.25, -0.2) is 0 Å². The number of nitrogens with zero attached hydrogens (tertiary/aromatic N) is 3. The van der Waals surface area contributed by atoms with Gasteiger partial charge < -0.3 is 9.63 Å². The number of likely N-dealkylation sites (tertiary alicyclic amines) is 1. The molecule has 5 nitrogen and oxygen atoms in total. The average Bonchev–Trinajstić information content (AvgIpc) is 3.04. The first-order valence-electron chi connectivity index (χ1n) is 6.04. The van der Waals surface area contributed by atoms with Gasteiger partial charge in [0.2, 0.25) is 0 Å². The highest BCUT2D eigenvalue weighted by molar-refractivity contribution is 7.10. The molecule has 1 N–H and O–H groups in total. The first-order valence-corrected chi connectivity index (χ1v) is 7.30. The Balaban J connectivity index is 1.71. The van der Waals surface area contributed by atoms with Crippen molar-refractivity contribution in [3.05, 3.63) is 33.1 Å². The molecular weight excluding hydrogens is 286 g/mol. The van der Waals surface area contributed by atoms with E-state index >= 15 is 0 Å². The van der Waals surface area contributed by atoms with Crippen LogP contribution in [0.3, 0.4) is 0 Å². The van der Waals surface area contributed by atoms with Crippen LogP contribution in [0.5, 0.6) is 0 Å². The lowest BCUT2D eigenvalue weighted by Gasteiger charge is -2.19. The predicted molar refractivity (Wildman–Crippen MR) is 72.2 cm³/mol. The molecule has 0 saturated carbocycles. The lowest BCUT2D eigenvalue weighted by molar-refractivity contribution is 0.0132. The molecule has 0 spiro atoms. The van der Waals surface area contributed by atoms with Gasteiger partial charge in [0.25, 0.3) is 5.89 Å². The van der Waals surface area contributed by atoms with Crippen LogP contribution in [0.4, 0.5) is 0 Å². The van der Waals surface area contributed by atoms with E-state index in [-0.39, 0.29) is 0 Å². The van der Waals surface area contributed by atoms with Gasteiger partial charge in [-0.05, 0) is 24.8 Å². The van der Waals surface area contributed by atoms with E-state index in [0.717, 1.165) is 23.0 Å². The van der Waals surface area contributed by atoms with E-state index in [1.165, 1.54) is 0 Å². The SMILES string of the molecule is Cc1noc([C@]2(O)CCN(Cc3sccc3Cl)C2)n1. The Bertz CT molecular complexity index is 585. The van der Waals surface area contributed by atoms with Crippen LogP contribution >= 0.6 is 22.9 Å². The molecule has 1 saturated heterocycles. The number of halogens is 1. The van der Waals surface area contributed by atoms with Crippen molar-refractivity contribution in [3.8, 4) is 0 Å². The van der Waals surface area contributed by atoms with E-state index in [4.69, 9.17) is 16.1 Å². The van der Waals surface area contributed by atoms with Gasteiger partial charge in [-0.2, -0.15) is 4.98 Å². The Kier molecular flexibility index (Phi) is 3.34. The molecule has 1 atom stereocenters. The van der Waals surface area contributed by atoms with Gasteiger partial charge in [-0.3, -0.25) is 4.90 Å². The highest BCUT2D eigenvalue weighted by atomic mass is 35.5. The lowest BCUT2D eigenvalue weighted by Crippen LogP contribution is -2.30. The first kappa shape index (κ1) is 13.1. The van der Waals surface area contributed by atoms with Crippen LogP contribution in [0.1, 0.15) is 23.0 Å². The molecule has 2 aromatic rings. The standard InChI is InChI=1S/C12H14ClN3O2S/c1-8-14-11(18-15-8)12(17)3-4-16(7-12)6-10-9(13)2-5-19-10/h2,5,17H,3-4,6-7H2,1H3/t12-/m0/s1. The fourth-order valence-electron chi connectivity index (χ4n) is 2.31. The Labute approximate surface area is 119 Å². The second-order valence-electron chi connectivity index (χ2n) is 4.83. The van der Waals surface area contributed by atoms with Crippen LogP contribution in [0.2, 0.25) is 5.02 Å². The minimum absolute atomic E-state index is 0.310. The van der Waals surface area contributed by atoms with Crippen LogP contribution < -0.4 is 0 Å². The van der Waals surface area contributed by atoms with Crippen molar-refractivity contribution in [2.75, 3.05) is 13.1 Å². The van der Waals surface area contributed by atoms with Crippen molar-refractivity contribution in [2.24, 2.45) is 0 Å².